The van der Waals surface area contributed by atoms with Gasteiger partial charge in [0.2, 0.25) is 0 Å². The zero-order valence-electron chi connectivity index (χ0n) is 21.1. The predicted octanol–water partition coefficient (Wildman–Crippen LogP) is 5.88. The molecule has 7 heteroatoms. The molecule has 5 nitrogen and oxygen atoms in total. The summed E-state index contributed by atoms with van der Waals surface area (Å²) in [6.45, 7) is 6.96. The molecule has 1 aliphatic heterocycles. The highest BCUT2D eigenvalue weighted by atomic mass is 19.1. The Bertz CT molecular complexity index is 1310. The second kappa shape index (κ2) is 11.9. The highest BCUT2D eigenvalue weighted by Gasteiger charge is 2.18. The molecule has 4 rings (SSSR count). The van der Waals surface area contributed by atoms with E-state index in [9.17, 15) is 18.4 Å². The number of benzene rings is 3. The van der Waals surface area contributed by atoms with Gasteiger partial charge in [-0.1, -0.05) is 29.8 Å². The summed E-state index contributed by atoms with van der Waals surface area (Å²) < 4.78 is 27.7. The molecule has 0 radical (unpaired) electrons. The summed E-state index contributed by atoms with van der Waals surface area (Å²) in [6, 6.07) is 17.8. The molecule has 1 saturated heterocycles. The van der Waals surface area contributed by atoms with Crippen LogP contribution in [0.25, 0.3) is 5.57 Å². The van der Waals surface area contributed by atoms with Gasteiger partial charge in [-0.05, 0) is 98.9 Å². The Hall–Kier alpha value is -3.84. The van der Waals surface area contributed by atoms with Crippen LogP contribution in [0, 0.1) is 11.6 Å². The summed E-state index contributed by atoms with van der Waals surface area (Å²) >= 11 is 0. The second-order valence-electron chi connectivity index (χ2n) is 8.94. The van der Waals surface area contributed by atoms with Crippen molar-refractivity contribution in [1.29, 1.82) is 0 Å². The molecule has 192 valence electrons. The summed E-state index contributed by atoms with van der Waals surface area (Å²) in [6.07, 6.45) is 1.75. The molecule has 3 aromatic rings. The van der Waals surface area contributed by atoms with Crippen LogP contribution in [0.3, 0.4) is 0 Å². The number of nitrogens with one attached hydrogen (secondary N) is 2. The first-order valence-corrected chi connectivity index (χ1v) is 12.6. The van der Waals surface area contributed by atoms with Gasteiger partial charge in [0.15, 0.2) is 0 Å². The van der Waals surface area contributed by atoms with Gasteiger partial charge in [-0.3, -0.25) is 9.59 Å². The average Bonchev–Trinajstić information content (AvgIpc) is 2.92. The summed E-state index contributed by atoms with van der Waals surface area (Å²) in [5.74, 6) is -2.18. The molecule has 2 amide bonds. The molecule has 3 aromatic carbocycles. The number of rotatable bonds is 7. The van der Waals surface area contributed by atoms with Crippen molar-refractivity contribution >= 4 is 23.1 Å². The molecular weight excluding hydrogens is 472 g/mol. The van der Waals surface area contributed by atoms with Crippen LogP contribution in [0.1, 0.15) is 58.5 Å². The first kappa shape index (κ1) is 26.2. The van der Waals surface area contributed by atoms with Crippen molar-refractivity contribution in [3.63, 3.8) is 0 Å². The second-order valence-corrected chi connectivity index (χ2v) is 8.94. The fourth-order valence-electron chi connectivity index (χ4n) is 4.65. The predicted molar refractivity (Wildman–Crippen MR) is 143 cm³/mol. The van der Waals surface area contributed by atoms with E-state index >= 15 is 0 Å². The smallest absolute Gasteiger partial charge is 0.258 e. The standard InChI is InChI=1S/C30H31F2N3O2/c1-3-35(4-2)30(37)22-10-8-20(9-11-22)28(21-14-16-33-17-15-21)23-6-5-7-25(18-23)34-29(36)26-19-24(31)12-13-27(26)32/h5-13,18-19,33H,3-4,14-17H2,1-2H3,(H,34,36). The number of piperidine rings is 1. The Morgan fingerprint density at radius 2 is 1.54 bits per heavy atom. The van der Waals surface area contributed by atoms with Gasteiger partial charge < -0.3 is 15.5 Å². The number of anilines is 1. The normalized spacial score (nSPS) is 13.2. The van der Waals surface area contributed by atoms with Crippen molar-refractivity contribution in [3.05, 3.63) is 106 Å². The Kier molecular flexibility index (Phi) is 8.46. The van der Waals surface area contributed by atoms with Crippen LogP contribution in [0.15, 0.2) is 72.3 Å². The van der Waals surface area contributed by atoms with Crippen molar-refractivity contribution in [3.8, 4) is 0 Å². The molecule has 1 heterocycles. The third-order valence-electron chi connectivity index (χ3n) is 6.61. The van der Waals surface area contributed by atoms with E-state index in [-0.39, 0.29) is 11.5 Å². The number of halogens is 2. The third-order valence-corrected chi connectivity index (χ3v) is 6.61. The van der Waals surface area contributed by atoms with E-state index in [4.69, 9.17) is 0 Å². The number of carbonyl (C=O) groups excluding carboxylic acids is 2. The van der Waals surface area contributed by atoms with E-state index in [1.807, 2.05) is 56.3 Å². The lowest BCUT2D eigenvalue weighted by molar-refractivity contribution is 0.0772. The monoisotopic (exact) mass is 503 g/mol. The average molecular weight is 504 g/mol. The van der Waals surface area contributed by atoms with Crippen molar-refractivity contribution in [2.75, 3.05) is 31.5 Å². The quantitative estimate of drug-likeness (QED) is 0.423. The molecule has 0 bridgehead atoms. The number of amides is 2. The molecule has 1 fully saturated rings. The van der Waals surface area contributed by atoms with Gasteiger partial charge in [0.1, 0.15) is 11.6 Å². The van der Waals surface area contributed by atoms with Gasteiger partial charge in [-0.2, -0.15) is 0 Å². The van der Waals surface area contributed by atoms with Crippen LogP contribution in [-0.2, 0) is 0 Å². The first-order chi connectivity index (χ1) is 17.9. The molecule has 1 aliphatic rings. The van der Waals surface area contributed by atoms with Crippen LogP contribution < -0.4 is 10.6 Å². The van der Waals surface area contributed by atoms with E-state index in [1.165, 1.54) is 5.57 Å². The Labute approximate surface area is 216 Å². The summed E-state index contributed by atoms with van der Waals surface area (Å²) in [7, 11) is 0. The maximum atomic E-state index is 14.1. The largest absolute Gasteiger partial charge is 0.339 e. The van der Waals surface area contributed by atoms with Crippen LogP contribution in [0.4, 0.5) is 14.5 Å². The lowest BCUT2D eigenvalue weighted by Gasteiger charge is -2.22. The Balaban J connectivity index is 1.67. The lowest BCUT2D eigenvalue weighted by atomic mass is 9.88. The summed E-state index contributed by atoms with van der Waals surface area (Å²) in [4.78, 5) is 27.2. The third kappa shape index (κ3) is 6.12. The zero-order chi connectivity index (χ0) is 26.4. The van der Waals surface area contributed by atoms with Gasteiger partial charge in [0.05, 0.1) is 5.56 Å². The minimum Gasteiger partial charge on any atom is -0.339 e. The first-order valence-electron chi connectivity index (χ1n) is 12.6. The number of hydrogen-bond donors (Lipinski definition) is 2. The molecular formula is C30H31F2N3O2. The van der Waals surface area contributed by atoms with Crippen molar-refractivity contribution < 1.29 is 18.4 Å². The van der Waals surface area contributed by atoms with E-state index in [0.717, 1.165) is 60.8 Å². The van der Waals surface area contributed by atoms with Crippen molar-refractivity contribution in [2.24, 2.45) is 0 Å². The topological polar surface area (TPSA) is 61.4 Å². The zero-order valence-corrected chi connectivity index (χ0v) is 21.1. The van der Waals surface area contributed by atoms with Gasteiger partial charge in [0, 0.05) is 24.3 Å². The Morgan fingerprint density at radius 3 is 2.22 bits per heavy atom. The fraction of sp³-hybridized carbons (Fsp3) is 0.267. The van der Waals surface area contributed by atoms with Crippen LogP contribution >= 0.6 is 0 Å². The molecule has 37 heavy (non-hydrogen) atoms. The van der Waals surface area contributed by atoms with Gasteiger partial charge in [-0.25, -0.2) is 8.78 Å². The molecule has 2 N–H and O–H groups in total. The van der Waals surface area contributed by atoms with Crippen LogP contribution in [0.2, 0.25) is 0 Å². The summed E-state index contributed by atoms with van der Waals surface area (Å²) in [5.41, 5.74) is 4.98. The molecule has 0 aliphatic carbocycles. The number of carbonyl (C=O) groups is 2. The maximum absolute atomic E-state index is 14.1. The van der Waals surface area contributed by atoms with Crippen molar-refractivity contribution in [1.82, 2.24) is 10.2 Å². The number of hydrogen-bond acceptors (Lipinski definition) is 3. The summed E-state index contributed by atoms with van der Waals surface area (Å²) in [5, 5.41) is 6.07. The van der Waals surface area contributed by atoms with Crippen LogP contribution in [0.5, 0.6) is 0 Å². The fourth-order valence-corrected chi connectivity index (χ4v) is 4.65. The SMILES string of the molecule is CCN(CC)C(=O)c1ccc(C(=C2CCNCC2)c2cccc(NC(=O)c3cc(F)ccc3F)c2)cc1. The van der Waals surface area contributed by atoms with Gasteiger partial charge in [-0.15, -0.1) is 0 Å². The van der Waals surface area contributed by atoms with E-state index in [1.54, 1.807) is 11.0 Å². The minimum absolute atomic E-state index is 0.00177. The molecule has 0 saturated carbocycles. The van der Waals surface area contributed by atoms with E-state index in [2.05, 4.69) is 10.6 Å². The number of nitrogens with zero attached hydrogens (tertiary/aromatic N) is 1. The van der Waals surface area contributed by atoms with E-state index < -0.39 is 17.5 Å². The maximum Gasteiger partial charge on any atom is 0.258 e. The Morgan fingerprint density at radius 1 is 0.865 bits per heavy atom. The minimum atomic E-state index is -0.785. The van der Waals surface area contributed by atoms with Gasteiger partial charge >= 0.3 is 0 Å². The van der Waals surface area contributed by atoms with Crippen LogP contribution in [-0.4, -0.2) is 42.9 Å². The van der Waals surface area contributed by atoms with Gasteiger partial charge in [0.25, 0.3) is 11.8 Å². The highest BCUT2D eigenvalue weighted by molar-refractivity contribution is 6.04. The molecule has 0 unspecified atom stereocenters. The molecule has 0 atom stereocenters. The highest BCUT2D eigenvalue weighted by Crippen LogP contribution is 2.33. The van der Waals surface area contributed by atoms with Crippen molar-refractivity contribution in [2.45, 2.75) is 26.7 Å². The van der Waals surface area contributed by atoms with E-state index in [0.29, 0.717) is 24.3 Å². The lowest BCUT2D eigenvalue weighted by Crippen LogP contribution is -2.30. The molecule has 0 aromatic heterocycles. The molecule has 0 spiro atoms.